The van der Waals surface area contributed by atoms with E-state index in [0.29, 0.717) is 18.8 Å². The van der Waals surface area contributed by atoms with Gasteiger partial charge < -0.3 is 9.88 Å². The number of nitrogens with one attached hydrogen (secondary N) is 1. The Kier molecular flexibility index (Phi) is 4.09. The number of aromatic nitrogens is 3. The van der Waals surface area contributed by atoms with Crippen LogP contribution in [-0.2, 0) is 11.3 Å². The third-order valence-electron chi connectivity index (χ3n) is 2.46. The van der Waals surface area contributed by atoms with Crippen molar-refractivity contribution in [3.8, 4) is 0 Å². The number of pyridine rings is 1. The number of carbonyl (C=O) groups is 1. The Bertz CT molecular complexity index is 539. The Balaban J connectivity index is 1.91. The highest BCUT2D eigenvalue weighted by atomic mass is 79.9. The van der Waals surface area contributed by atoms with Gasteiger partial charge in [0.15, 0.2) is 0 Å². The fourth-order valence-corrected chi connectivity index (χ4v) is 1.96. The molecule has 2 aromatic heterocycles. The van der Waals surface area contributed by atoms with Gasteiger partial charge in [0.05, 0.1) is 6.33 Å². The number of nitrogens with zero attached hydrogens (tertiary/aromatic N) is 3. The Morgan fingerprint density at radius 1 is 1.56 bits per heavy atom. The van der Waals surface area contributed by atoms with Crippen molar-refractivity contribution in [2.75, 3.05) is 5.32 Å². The molecule has 6 heteroatoms. The summed E-state index contributed by atoms with van der Waals surface area (Å²) in [6.07, 6.45) is 7.27. The third kappa shape index (κ3) is 3.40. The van der Waals surface area contributed by atoms with Crippen LogP contribution in [0.3, 0.4) is 0 Å². The number of amides is 1. The van der Waals surface area contributed by atoms with E-state index in [1.165, 1.54) is 0 Å². The zero-order valence-electron chi connectivity index (χ0n) is 9.93. The normalized spacial score (nSPS) is 10.3. The van der Waals surface area contributed by atoms with Gasteiger partial charge in [-0.1, -0.05) is 0 Å². The predicted octanol–water partition coefficient (Wildman–Crippen LogP) is 2.38. The van der Waals surface area contributed by atoms with Gasteiger partial charge in [-0.05, 0) is 34.5 Å². The molecule has 1 amide bonds. The van der Waals surface area contributed by atoms with Crippen molar-refractivity contribution in [1.82, 2.24) is 14.5 Å². The molecule has 0 unspecified atom stereocenters. The van der Waals surface area contributed by atoms with E-state index in [1.54, 1.807) is 18.7 Å². The van der Waals surface area contributed by atoms with Crippen molar-refractivity contribution in [1.29, 1.82) is 0 Å². The second-order valence-electron chi connectivity index (χ2n) is 3.92. The second-order valence-corrected chi connectivity index (χ2v) is 4.83. The molecule has 0 saturated carbocycles. The molecular weight excluding hydrogens is 296 g/mol. The summed E-state index contributed by atoms with van der Waals surface area (Å²) in [5.74, 6) is 0.551. The first-order chi connectivity index (χ1) is 8.65. The summed E-state index contributed by atoms with van der Waals surface area (Å²) >= 11 is 3.33. The molecule has 0 atom stereocenters. The Labute approximate surface area is 113 Å². The fourth-order valence-electron chi connectivity index (χ4n) is 1.52. The average molecular weight is 309 g/mol. The third-order valence-corrected chi connectivity index (χ3v) is 2.89. The number of rotatable bonds is 4. The number of carbonyl (C=O) groups excluding carboxylic acids is 1. The smallest absolute Gasteiger partial charge is 0.227 e. The fraction of sp³-hybridized carbons (Fsp3) is 0.250. The molecule has 18 heavy (non-hydrogen) atoms. The molecule has 2 heterocycles. The number of anilines is 1. The quantitative estimate of drug-likeness (QED) is 0.943. The van der Waals surface area contributed by atoms with E-state index in [4.69, 9.17) is 0 Å². The first-order valence-electron chi connectivity index (χ1n) is 5.53. The minimum Gasteiger partial charge on any atom is -0.337 e. The SMILES string of the molecule is Cc1cc(Br)cnc1NC(=O)CCn1ccnc1. The maximum absolute atomic E-state index is 11.7. The van der Waals surface area contributed by atoms with Crippen LogP contribution in [0.5, 0.6) is 0 Å². The number of halogens is 1. The van der Waals surface area contributed by atoms with E-state index in [2.05, 4.69) is 31.2 Å². The zero-order valence-corrected chi connectivity index (χ0v) is 11.5. The molecule has 0 aliphatic heterocycles. The van der Waals surface area contributed by atoms with Gasteiger partial charge in [0.1, 0.15) is 5.82 Å². The summed E-state index contributed by atoms with van der Waals surface area (Å²) in [4.78, 5) is 19.8. The van der Waals surface area contributed by atoms with Crippen LogP contribution in [0.2, 0.25) is 0 Å². The van der Waals surface area contributed by atoms with E-state index < -0.39 is 0 Å². The van der Waals surface area contributed by atoms with Crippen LogP contribution in [0, 0.1) is 6.92 Å². The van der Waals surface area contributed by atoms with E-state index >= 15 is 0 Å². The van der Waals surface area contributed by atoms with Crippen molar-refractivity contribution in [2.24, 2.45) is 0 Å². The predicted molar refractivity (Wildman–Crippen MR) is 72.1 cm³/mol. The molecule has 0 bridgehead atoms. The van der Waals surface area contributed by atoms with Crippen molar-refractivity contribution < 1.29 is 4.79 Å². The van der Waals surface area contributed by atoms with Crippen LogP contribution in [0.15, 0.2) is 35.5 Å². The molecule has 0 aliphatic rings. The zero-order chi connectivity index (χ0) is 13.0. The highest BCUT2D eigenvalue weighted by Gasteiger charge is 2.06. The summed E-state index contributed by atoms with van der Waals surface area (Å²) in [6, 6.07) is 1.92. The molecule has 94 valence electrons. The van der Waals surface area contributed by atoms with Crippen LogP contribution < -0.4 is 5.32 Å². The van der Waals surface area contributed by atoms with Gasteiger partial charge in [0.25, 0.3) is 0 Å². The van der Waals surface area contributed by atoms with E-state index in [-0.39, 0.29) is 5.91 Å². The van der Waals surface area contributed by atoms with E-state index in [1.807, 2.05) is 23.8 Å². The molecule has 0 fully saturated rings. The van der Waals surface area contributed by atoms with Gasteiger partial charge in [-0.25, -0.2) is 9.97 Å². The Morgan fingerprint density at radius 3 is 3.06 bits per heavy atom. The highest BCUT2D eigenvalue weighted by molar-refractivity contribution is 9.10. The maximum atomic E-state index is 11.7. The lowest BCUT2D eigenvalue weighted by Crippen LogP contribution is -2.15. The molecule has 0 aliphatic carbocycles. The monoisotopic (exact) mass is 308 g/mol. The van der Waals surface area contributed by atoms with Crippen LogP contribution in [0.4, 0.5) is 5.82 Å². The standard InChI is InChI=1S/C12H13BrN4O/c1-9-6-10(13)7-15-12(9)16-11(18)2-4-17-5-3-14-8-17/h3,5-8H,2,4H2,1H3,(H,15,16,18). The molecule has 0 saturated heterocycles. The second kappa shape index (κ2) is 5.77. The Morgan fingerprint density at radius 2 is 2.39 bits per heavy atom. The summed E-state index contributed by atoms with van der Waals surface area (Å²) in [5.41, 5.74) is 0.931. The lowest BCUT2D eigenvalue weighted by atomic mass is 10.3. The van der Waals surface area contributed by atoms with Crippen molar-refractivity contribution in [2.45, 2.75) is 19.9 Å². The molecule has 0 radical (unpaired) electrons. The first-order valence-corrected chi connectivity index (χ1v) is 6.32. The summed E-state index contributed by atoms with van der Waals surface area (Å²) in [6.45, 7) is 2.52. The topological polar surface area (TPSA) is 59.8 Å². The van der Waals surface area contributed by atoms with Gasteiger partial charge >= 0.3 is 0 Å². The Hall–Kier alpha value is -1.69. The van der Waals surface area contributed by atoms with Crippen molar-refractivity contribution in [3.05, 3.63) is 41.0 Å². The van der Waals surface area contributed by atoms with Crippen LogP contribution in [-0.4, -0.2) is 20.4 Å². The maximum Gasteiger partial charge on any atom is 0.227 e. The molecule has 5 nitrogen and oxygen atoms in total. The number of hydrogen-bond acceptors (Lipinski definition) is 3. The number of hydrogen-bond donors (Lipinski definition) is 1. The molecule has 0 spiro atoms. The highest BCUT2D eigenvalue weighted by Crippen LogP contribution is 2.16. The van der Waals surface area contributed by atoms with Crippen molar-refractivity contribution >= 4 is 27.7 Å². The molecule has 0 aromatic carbocycles. The minimum absolute atomic E-state index is 0.0541. The summed E-state index contributed by atoms with van der Waals surface area (Å²) in [7, 11) is 0. The van der Waals surface area contributed by atoms with Crippen LogP contribution in [0.1, 0.15) is 12.0 Å². The van der Waals surface area contributed by atoms with E-state index in [9.17, 15) is 4.79 Å². The summed E-state index contributed by atoms with van der Waals surface area (Å²) in [5, 5.41) is 2.80. The van der Waals surface area contributed by atoms with Crippen LogP contribution in [0.25, 0.3) is 0 Å². The van der Waals surface area contributed by atoms with Crippen molar-refractivity contribution in [3.63, 3.8) is 0 Å². The minimum atomic E-state index is -0.0541. The average Bonchev–Trinajstić information content (AvgIpc) is 2.83. The number of imidazole rings is 1. The molecule has 2 aromatic rings. The molecular formula is C12H13BrN4O. The largest absolute Gasteiger partial charge is 0.337 e. The lowest BCUT2D eigenvalue weighted by Gasteiger charge is -2.07. The van der Waals surface area contributed by atoms with Gasteiger partial charge in [-0.3, -0.25) is 4.79 Å². The van der Waals surface area contributed by atoms with E-state index in [0.717, 1.165) is 10.0 Å². The molecule has 2 rings (SSSR count). The van der Waals surface area contributed by atoms with Gasteiger partial charge in [-0.15, -0.1) is 0 Å². The molecule has 1 N–H and O–H groups in total. The number of aryl methyl sites for hydroxylation is 2. The summed E-state index contributed by atoms with van der Waals surface area (Å²) < 4.78 is 2.76. The van der Waals surface area contributed by atoms with Crippen LogP contribution >= 0.6 is 15.9 Å². The first kappa shape index (κ1) is 12.8. The lowest BCUT2D eigenvalue weighted by molar-refractivity contribution is -0.116. The van der Waals surface area contributed by atoms with Gasteiger partial charge in [0.2, 0.25) is 5.91 Å². The van der Waals surface area contributed by atoms with Gasteiger partial charge in [-0.2, -0.15) is 0 Å². The van der Waals surface area contributed by atoms with Gasteiger partial charge in [0, 0.05) is 36.0 Å².